The minimum atomic E-state index is -0.262. The number of halogens is 1. The second-order valence-electron chi connectivity index (χ2n) is 4.96. The fraction of sp³-hybridized carbons (Fsp3) is 0.267. The third-order valence-electron chi connectivity index (χ3n) is 3.39. The lowest BCUT2D eigenvalue weighted by Gasteiger charge is -2.07. The van der Waals surface area contributed by atoms with Gasteiger partial charge < -0.3 is 14.3 Å². The fourth-order valence-corrected chi connectivity index (χ4v) is 3.11. The molecular formula is C15H14BrN3O2S. The van der Waals surface area contributed by atoms with E-state index in [0.29, 0.717) is 24.3 Å². The number of aromatic amines is 1. The summed E-state index contributed by atoms with van der Waals surface area (Å²) in [6.45, 7) is 2.48. The molecule has 3 rings (SSSR count). The number of hydrogen-bond donors (Lipinski definition) is 1. The number of aryl methyl sites for hydroxylation is 1. The topological polar surface area (TPSA) is 59.9 Å². The van der Waals surface area contributed by atoms with Gasteiger partial charge in [-0.3, -0.25) is 9.78 Å². The molecule has 0 aliphatic heterocycles. The number of nitrogens with zero attached hydrogens (tertiary/aromatic N) is 2. The van der Waals surface area contributed by atoms with Crippen LogP contribution in [0.2, 0.25) is 0 Å². The Morgan fingerprint density at radius 1 is 1.50 bits per heavy atom. The molecule has 2 aromatic heterocycles. The minimum Gasteiger partial charge on any atom is -0.466 e. The van der Waals surface area contributed by atoms with E-state index in [-0.39, 0.29) is 5.97 Å². The first-order chi connectivity index (χ1) is 10.6. The van der Waals surface area contributed by atoms with Crippen LogP contribution < -0.4 is 0 Å². The van der Waals surface area contributed by atoms with Crippen molar-refractivity contribution >= 4 is 56.1 Å². The lowest BCUT2D eigenvalue weighted by atomic mass is 10.2. The molecule has 0 spiro atoms. The van der Waals surface area contributed by atoms with Crippen molar-refractivity contribution in [1.29, 1.82) is 0 Å². The van der Waals surface area contributed by atoms with Gasteiger partial charge in [0, 0.05) is 23.3 Å². The van der Waals surface area contributed by atoms with E-state index in [0.717, 1.165) is 26.4 Å². The fourth-order valence-electron chi connectivity index (χ4n) is 2.47. The maximum Gasteiger partial charge on any atom is 0.302 e. The van der Waals surface area contributed by atoms with Gasteiger partial charge in [-0.15, -0.1) is 0 Å². The summed E-state index contributed by atoms with van der Waals surface area (Å²) in [5.41, 5.74) is 2.85. The molecule has 22 heavy (non-hydrogen) atoms. The van der Waals surface area contributed by atoms with Crippen molar-refractivity contribution in [3.05, 3.63) is 33.6 Å². The molecule has 114 valence electrons. The number of esters is 1. The standard InChI is InChI=1S/C15H14BrN3O2S/c1-9(20)21-6-2-5-19-14-11-4-3-10(16)7-12(11)17-8-13(14)18-15(19)22/h3-4,7-8H,2,5-6H2,1H3,(H,18,22). The summed E-state index contributed by atoms with van der Waals surface area (Å²) in [7, 11) is 0. The number of imidazole rings is 1. The van der Waals surface area contributed by atoms with E-state index < -0.39 is 0 Å². The van der Waals surface area contributed by atoms with Crippen molar-refractivity contribution in [2.45, 2.75) is 19.9 Å². The first-order valence-electron chi connectivity index (χ1n) is 6.86. The van der Waals surface area contributed by atoms with Gasteiger partial charge in [0.25, 0.3) is 0 Å². The zero-order valence-corrected chi connectivity index (χ0v) is 14.3. The Balaban J connectivity index is 2.03. The maximum absolute atomic E-state index is 10.8. The molecule has 7 heteroatoms. The Hall–Kier alpha value is -1.73. The minimum absolute atomic E-state index is 0.262. The third kappa shape index (κ3) is 2.91. The molecule has 0 fully saturated rings. The number of carbonyl (C=O) groups excluding carboxylic acids is 1. The van der Waals surface area contributed by atoms with Gasteiger partial charge in [-0.1, -0.05) is 15.9 Å². The molecule has 0 aliphatic rings. The number of benzene rings is 1. The van der Waals surface area contributed by atoms with Crippen molar-refractivity contribution in [1.82, 2.24) is 14.5 Å². The lowest BCUT2D eigenvalue weighted by Crippen LogP contribution is -2.05. The maximum atomic E-state index is 10.8. The van der Waals surface area contributed by atoms with Crippen LogP contribution in [0, 0.1) is 4.77 Å². The van der Waals surface area contributed by atoms with Crippen LogP contribution in [0.15, 0.2) is 28.9 Å². The summed E-state index contributed by atoms with van der Waals surface area (Å²) in [5, 5.41) is 1.04. The number of hydrogen-bond acceptors (Lipinski definition) is 4. The molecule has 1 N–H and O–H groups in total. The molecule has 0 aliphatic carbocycles. The Morgan fingerprint density at radius 3 is 3.09 bits per heavy atom. The monoisotopic (exact) mass is 379 g/mol. The van der Waals surface area contributed by atoms with Gasteiger partial charge in [0.05, 0.1) is 29.4 Å². The van der Waals surface area contributed by atoms with Crippen LogP contribution in [0.4, 0.5) is 0 Å². The van der Waals surface area contributed by atoms with Crippen LogP contribution in [-0.2, 0) is 16.1 Å². The van der Waals surface area contributed by atoms with Crippen molar-refractivity contribution < 1.29 is 9.53 Å². The van der Waals surface area contributed by atoms with Crippen LogP contribution in [0.3, 0.4) is 0 Å². The molecule has 0 atom stereocenters. The van der Waals surface area contributed by atoms with Crippen LogP contribution in [-0.4, -0.2) is 27.1 Å². The summed E-state index contributed by atoms with van der Waals surface area (Å²) in [6, 6.07) is 6.00. The highest BCUT2D eigenvalue weighted by Gasteiger charge is 2.10. The summed E-state index contributed by atoms with van der Waals surface area (Å²) >= 11 is 8.87. The molecule has 1 aromatic carbocycles. The van der Waals surface area contributed by atoms with Gasteiger partial charge in [0.1, 0.15) is 0 Å². The van der Waals surface area contributed by atoms with E-state index in [4.69, 9.17) is 17.0 Å². The van der Waals surface area contributed by atoms with Crippen molar-refractivity contribution in [2.75, 3.05) is 6.61 Å². The summed E-state index contributed by atoms with van der Waals surface area (Å²) in [4.78, 5) is 18.5. The predicted octanol–water partition coefficient (Wildman–Crippen LogP) is 3.96. The molecule has 0 unspecified atom stereocenters. The quantitative estimate of drug-likeness (QED) is 0.423. The van der Waals surface area contributed by atoms with Crippen molar-refractivity contribution in [3.63, 3.8) is 0 Å². The number of carbonyl (C=O) groups is 1. The molecule has 0 radical (unpaired) electrons. The third-order valence-corrected chi connectivity index (χ3v) is 4.21. The van der Waals surface area contributed by atoms with Crippen molar-refractivity contribution in [3.8, 4) is 0 Å². The molecule has 0 bridgehead atoms. The number of ether oxygens (including phenoxy) is 1. The normalized spacial score (nSPS) is 11.2. The zero-order chi connectivity index (χ0) is 15.7. The number of aromatic nitrogens is 3. The molecule has 3 aromatic rings. The van der Waals surface area contributed by atoms with Crippen molar-refractivity contribution in [2.24, 2.45) is 0 Å². The van der Waals surface area contributed by atoms with Crippen LogP contribution in [0.25, 0.3) is 21.9 Å². The van der Waals surface area contributed by atoms with E-state index in [1.165, 1.54) is 6.92 Å². The summed E-state index contributed by atoms with van der Waals surface area (Å²) in [5.74, 6) is -0.262. The molecule has 2 heterocycles. The van der Waals surface area contributed by atoms with Gasteiger partial charge in [0.15, 0.2) is 4.77 Å². The van der Waals surface area contributed by atoms with Gasteiger partial charge in [-0.2, -0.15) is 0 Å². The summed E-state index contributed by atoms with van der Waals surface area (Å²) < 4.78 is 8.65. The van der Waals surface area contributed by atoms with E-state index in [1.807, 2.05) is 22.8 Å². The van der Waals surface area contributed by atoms with E-state index >= 15 is 0 Å². The highest BCUT2D eigenvalue weighted by Crippen LogP contribution is 2.26. The number of rotatable bonds is 4. The smallest absolute Gasteiger partial charge is 0.302 e. The van der Waals surface area contributed by atoms with Gasteiger partial charge in [-0.25, -0.2) is 0 Å². The first kappa shape index (κ1) is 15.2. The second-order valence-corrected chi connectivity index (χ2v) is 6.26. The molecule has 5 nitrogen and oxygen atoms in total. The van der Waals surface area contributed by atoms with Crippen LogP contribution >= 0.6 is 28.1 Å². The first-order valence-corrected chi connectivity index (χ1v) is 8.06. The molecule has 0 saturated heterocycles. The summed E-state index contributed by atoms with van der Waals surface area (Å²) in [6.07, 6.45) is 2.50. The predicted molar refractivity (Wildman–Crippen MR) is 91.4 cm³/mol. The van der Waals surface area contributed by atoms with Crippen LogP contribution in [0.1, 0.15) is 13.3 Å². The Morgan fingerprint density at radius 2 is 2.32 bits per heavy atom. The highest BCUT2D eigenvalue weighted by atomic mass is 79.9. The largest absolute Gasteiger partial charge is 0.466 e. The lowest BCUT2D eigenvalue weighted by molar-refractivity contribution is -0.141. The Labute approximate surface area is 140 Å². The van der Waals surface area contributed by atoms with Gasteiger partial charge in [0.2, 0.25) is 0 Å². The van der Waals surface area contributed by atoms with E-state index in [1.54, 1.807) is 6.20 Å². The zero-order valence-electron chi connectivity index (χ0n) is 11.9. The Kier molecular flexibility index (Phi) is 4.26. The van der Waals surface area contributed by atoms with Crippen LogP contribution in [0.5, 0.6) is 0 Å². The number of nitrogens with one attached hydrogen (secondary N) is 1. The van der Waals surface area contributed by atoms with Gasteiger partial charge >= 0.3 is 5.97 Å². The number of fused-ring (bicyclic) bond motifs is 3. The Bertz CT molecular complexity index is 916. The highest BCUT2D eigenvalue weighted by molar-refractivity contribution is 9.10. The van der Waals surface area contributed by atoms with Gasteiger partial charge in [-0.05, 0) is 36.8 Å². The molecular weight excluding hydrogens is 366 g/mol. The van der Waals surface area contributed by atoms with E-state index in [2.05, 4.69) is 25.9 Å². The average Bonchev–Trinajstić information content (AvgIpc) is 2.79. The second kappa shape index (κ2) is 6.18. The number of H-pyrrole nitrogens is 1. The SMILES string of the molecule is CC(=O)OCCCn1c(=S)[nH]c2cnc3cc(Br)ccc3c21. The average molecular weight is 380 g/mol. The molecule has 0 saturated carbocycles. The van der Waals surface area contributed by atoms with E-state index in [9.17, 15) is 4.79 Å². The number of pyridine rings is 1. The molecule has 0 amide bonds.